The maximum atomic E-state index is 11.8. The number of aromatic amines is 1. The minimum atomic E-state index is -0.0277. The van der Waals surface area contributed by atoms with Crippen molar-refractivity contribution in [1.29, 1.82) is 0 Å². The van der Waals surface area contributed by atoms with E-state index in [1.807, 2.05) is 13.0 Å². The SMILES string of the molecule is CCCNC(=O)c1cc2c(C)cc(C)cc2[nH]1. The molecule has 0 atom stereocenters. The Bertz CT molecular complexity index is 555. The first kappa shape index (κ1) is 11.7. The van der Waals surface area contributed by atoms with E-state index in [0.717, 1.165) is 17.3 Å². The molecule has 1 heterocycles. The molecule has 2 N–H and O–H groups in total. The summed E-state index contributed by atoms with van der Waals surface area (Å²) in [5, 5.41) is 4.00. The Morgan fingerprint density at radius 1 is 1.29 bits per heavy atom. The summed E-state index contributed by atoms with van der Waals surface area (Å²) < 4.78 is 0. The molecule has 3 heteroatoms. The summed E-state index contributed by atoms with van der Waals surface area (Å²) in [4.78, 5) is 15.0. The zero-order valence-electron chi connectivity index (χ0n) is 10.6. The number of aryl methyl sites for hydroxylation is 2. The molecule has 0 fully saturated rings. The van der Waals surface area contributed by atoms with Gasteiger partial charge in [0.25, 0.3) is 5.91 Å². The van der Waals surface area contributed by atoms with Gasteiger partial charge in [-0.2, -0.15) is 0 Å². The fourth-order valence-corrected chi connectivity index (χ4v) is 2.06. The third-order valence-electron chi connectivity index (χ3n) is 2.87. The Balaban J connectivity index is 2.37. The van der Waals surface area contributed by atoms with Gasteiger partial charge < -0.3 is 10.3 Å². The average Bonchev–Trinajstić information content (AvgIpc) is 2.69. The molecular formula is C14H18N2O. The van der Waals surface area contributed by atoms with Crippen LogP contribution in [0.1, 0.15) is 35.0 Å². The van der Waals surface area contributed by atoms with E-state index < -0.39 is 0 Å². The predicted octanol–water partition coefficient (Wildman–Crippen LogP) is 2.92. The molecule has 3 nitrogen and oxygen atoms in total. The van der Waals surface area contributed by atoms with Crippen LogP contribution in [-0.2, 0) is 0 Å². The van der Waals surface area contributed by atoms with Gasteiger partial charge in [-0.1, -0.05) is 13.0 Å². The van der Waals surface area contributed by atoms with E-state index in [4.69, 9.17) is 0 Å². The second-order valence-corrected chi connectivity index (χ2v) is 4.48. The maximum absolute atomic E-state index is 11.8. The Morgan fingerprint density at radius 2 is 2.06 bits per heavy atom. The largest absolute Gasteiger partial charge is 0.351 e. The number of fused-ring (bicyclic) bond motifs is 1. The third-order valence-corrected chi connectivity index (χ3v) is 2.87. The van der Waals surface area contributed by atoms with Crippen molar-refractivity contribution in [2.24, 2.45) is 0 Å². The highest BCUT2D eigenvalue weighted by Crippen LogP contribution is 2.21. The molecule has 0 aliphatic rings. The van der Waals surface area contributed by atoms with Crippen molar-refractivity contribution >= 4 is 16.8 Å². The summed E-state index contributed by atoms with van der Waals surface area (Å²) in [6.07, 6.45) is 0.949. The molecule has 1 aromatic carbocycles. The van der Waals surface area contributed by atoms with Gasteiger partial charge in [0.15, 0.2) is 0 Å². The standard InChI is InChI=1S/C14H18N2O/c1-4-5-15-14(17)13-8-11-10(3)6-9(2)7-12(11)16-13/h6-8,16H,4-5H2,1-3H3,(H,15,17). The van der Waals surface area contributed by atoms with E-state index in [1.54, 1.807) is 0 Å². The number of carbonyl (C=O) groups excluding carboxylic acids is 1. The summed E-state index contributed by atoms with van der Waals surface area (Å²) in [5.74, 6) is -0.0277. The summed E-state index contributed by atoms with van der Waals surface area (Å²) in [5.41, 5.74) is 4.08. The van der Waals surface area contributed by atoms with Gasteiger partial charge in [0.1, 0.15) is 5.69 Å². The van der Waals surface area contributed by atoms with Gasteiger partial charge in [-0.15, -0.1) is 0 Å². The Kier molecular flexibility index (Phi) is 3.18. The van der Waals surface area contributed by atoms with Crippen LogP contribution >= 0.6 is 0 Å². The average molecular weight is 230 g/mol. The lowest BCUT2D eigenvalue weighted by molar-refractivity contribution is 0.0949. The number of hydrogen-bond donors (Lipinski definition) is 2. The van der Waals surface area contributed by atoms with E-state index in [2.05, 4.69) is 36.3 Å². The zero-order chi connectivity index (χ0) is 12.4. The second kappa shape index (κ2) is 4.62. The molecule has 0 spiro atoms. The van der Waals surface area contributed by atoms with E-state index in [0.29, 0.717) is 12.2 Å². The molecule has 0 radical (unpaired) electrons. The Hall–Kier alpha value is -1.77. The molecule has 0 saturated heterocycles. The minimum Gasteiger partial charge on any atom is -0.351 e. The van der Waals surface area contributed by atoms with Gasteiger partial charge in [0.2, 0.25) is 0 Å². The van der Waals surface area contributed by atoms with Crippen LogP contribution in [0.4, 0.5) is 0 Å². The van der Waals surface area contributed by atoms with Crippen molar-refractivity contribution in [3.63, 3.8) is 0 Å². The van der Waals surface area contributed by atoms with Crippen molar-refractivity contribution in [1.82, 2.24) is 10.3 Å². The number of hydrogen-bond acceptors (Lipinski definition) is 1. The molecular weight excluding hydrogens is 212 g/mol. The monoisotopic (exact) mass is 230 g/mol. The lowest BCUT2D eigenvalue weighted by atomic mass is 10.1. The van der Waals surface area contributed by atoms with Crippen molar-refractivity contribution in [3.8, 4) is 0 Å². The molecule has 1 amide bonds. The van der Waals surface area contributed by atoms with Gasteiger partial charge in [-0.05, 0) is 43.5 Å². The zero-order valence-corrected chi connectivity index (χ0v) is 10.6. The molecule has 0 aliphatic heterocycles. The fraction of sp³-hybridized carbons (Fsp3) is 0.357. The van der Waals surface area contributed by atoms with Crippen LogP contribution in [0.15, 0.2) is 18.2 Å². The van der Waals surface area contributed by atoms with Gasteiger partial charge in [-0.25, -0.2) is 0 Å². The summed E-state index contributed by atoms with van der Waals surface area (Å²) in [6, 6.07) is 6.12. The van der Waals surface area contributed by atoms with Gasteiger partial charge in [0, 0.05) is 17.4 Å². The number of nitrogens with one attached hydrogen (secondary N) is 2. The molecule has 17 heavy (non-hydrogen) atoms. The number of carbonyl (C=O) groups is 1. The first-order valence-corrected chi connectivity index (χ1v) is 6.00. The van der Waals surface area contributed by atoms with Gasteiger partial charge in [-0.3, -0.25) is 4.79 Å². The van der Waals surface area contributed by atoms with Crippen LogP contribution in [0.3, 0.4) is 0 Å². The molecule has 90 valence electrons. The van der Waals surface area contributed by atoms with E-state index in [9.17, 15) is 4.79 Å². The molecule has 1 aromatic heterocycles. The third kappa shape index (κ3) is 2.33. The number of amides is 1. The molecule has 2 rings (SSSR count). The number of benzene rings is 1. The summed E-state index contributed by atoms with van der Waals surface area (Å²) >= 11 is 0. The smallest absolute Gasteiger partial charge is 0.267 e. The lowest BCUT2D eigenvalue weighted by Gasteiger charge is -1.99. The van der Waals surface area contributed by atoms with Gasteiger partial charge >= 0.3 is 0 Å². The highest BCUT2D eigenvalue weighted by atomic mass is 16.1. The van der Waals surface area contributed by atoms with Crippen molar-refractivity contribution in [2.45, 2.75) is 27.2 Å². The first-order valence-electron chi connectivity index (χ1n) is 6.00. The van der Waals surface area contributed by atoms with Crippen LogP contribution < -0.4 is 5.32 Å². The molecule has 0 bridgehead atoms. The number of aromatic nitrogens is 1. The quantitative estimate of drug-likeness (QED) is 0.836. The lowest BCUT2D eigenvalue weighted by Crippen LogP contribution is -2.24. The van der Waals surface area contributed by atoms with E-state index in [1.165, 1.54) is 11.1 Å². The fourth-order valence-electron chi connectivity index (χ4n) is 2.06. The molecule has 2 aromatic rings. The van der Waals surface area contributed by atoms with E-state index in [-0.39, 0.29) is 5.91 Å². The van der Waals surface area contributed by atoms with Crippen LogP contribution in [0.25, 0.3) is 10.9 Å². The van der Waals surface area contributed by atoms with Crippen molar-refractivity contribution < 1.29 is 4.79 Å². The van der Waals surface area contributed by atoms with Gasteiger partial charge in [0.05, 0.1) is 0 Å². The normalized spacial score (nSPS) is 10.8. The van der Waals surface area contributed by atoms with Crippen LogP contribution in [-0.4, -0.2) is 17.4 Å². The molecule has 0 aliphatic carbocycles. The summed E-state index contributed by atoms with van der Waals surface area (Å²) in [7, 11) is 0. The number of H-pyrrole nitrogens is 1. The molecule has 0 saturated carbocycles. The first-order chi connectivity index (χ1) is 8.11. The highest BCUT2D eigenvalue weighted by Gasteiger charge is 2.10. The van der Waals surface area contributed by atoms with Crippen LogP contribution in [0.5, 0.6) is 0 Å². The number of rotatable bonds is 3. The second-order valence-electron chi connectivity index (χ2n) is 4.48. The van der Waals surface area contributed by atoms with Crippen LogP contribution in [0, 0.1) is 13.8 Å². The minimum absolute atomic E-state index is 0.0277. The molecule has 0 unspecified atom stereocenters. The topological polar surface area (TPSA) is 44.9 Å². The van der Waals surface area contributed by atoms with E-state index >= 15 is 0 Å². The van der Waals surface area contributed by atoms with Crippen molar-refractivity contribution in [2.75, 3.05) is 6.54 Å². The highest BCUT2D eigenvalue weighted by molar-refractivity contribution is 5.98. The maximum Gasteiger partial charge on any atom is 0.267 e. The Labute approximate surface area is 101 Å². The predicted molar refractivity (Wildman–Crippen MR) is 70.4 cm³/mol. The van der Waals surface area contributed by atoms with Crippen molar-refractivity contribution in [3.05, 3.63) is 35.0 Å². The van der Waals surface area contributed by atoms with Crippen LogP contribution in [0.2, 0.25) is 0 Å². The summed E-state index contributed by atoms with van der Waals surface area (Å²) in [6.45, 7) is 6.88. The Morgan fingerprint density at radius 3 is 2.76 bits per heavy atom.